The van der Waals surface area contributed by atoms with Crippen molar-refractivity contribution in [3.63, 3.8) is 0 Å². The van der Waals surface area contributed by atoms with Crippen LogP contribution < -0.4 is 5.32 Å². The van der Waals surface area contributed by atoms with E-state index < -0.39 is 0 Å². The van der Waals surface area contributed by atoms with Crippen molar-refractivity contribution < 1.29 is 4.74 Å². The Kier molecular flexibility index (Phi) is 4.18. The molecule has 5 heteroatoms. The molecule has 1 atom stereocenters. The molecule has 0 spiro atoms. The topological polar surface area (TPSA) is 53.2 Å². The quantitative estimate of drug-likeness (QED) is 0.820. The molecular formula is C15H22N4O. The highest BCUT2D eigenvalue weighted by atomic mass is 16.5. The van der Waals surface area contributed by atoms with Crippen LogP contribution in [0.2, 0.25) is 0 Å². The molecule has 1 saturated heterocycles. The minimum atomic E-state index is 0.537. The second-order valence-electron chi connectivity index (χ2n) is 5.36. The number of para-hydroxylation sites is 1. The van der Waals surface area contributed by atoms with Gasteiger partial charge in [0.1, 0.15) is 0 Å². The Bertz CT molecular complexity index is 554. The first-order valence-corrected chi connectivity index (χ1v) is 7.33. The lowest BCUT2D eigenvalue weighted by Crippen LogP contribution is -2.44. The largest absolute Gasteiger partial charge is 0.379 e. The fraction of sp³-hybridized carbons (Fsp3) is 0.533. The average Bonchev–Trinajstić information content (AvgIpc) is 2.89. The first-order chi connectivity index (χ1) is 9.84. The van der Waals surface area contributed by atoms with Gasteiger partial charge in [-0.1, -0.05) is 12.1 Å². The van der Waals surface area contributed by atoms with Gasteiger partial charge in [0.2, 0.25) is 0 Å². The van der Waals surface area contributed by atoms with E-state index in [4.69, 9.17) is 4.74 Å². The fourth-order valence-electron chi connectivity index (χ4n) is 2.68. The molecule has 1 aliphatic rings. The van der Waals surface area contributed by atoms with Gasteiger partial charge < -0.3 is 10.1 Å². The van der Waals surface area contributed by atoms with Crippen LogP contribution in [0.1, 0.15) is 13.3 Å². The van der Waals surface area contributed by atoms with Crippen LogP contribution in [0.25, 0.3) is 10.9 Å². The van der Waals surface area contributed by atoms with E-state index in [0.717, 1.165) is 56.0 Å². The Morgan fingerprint density at radius 3 is 3.25 bits per heavy atom. The van der Waals surface area contributed by atoms with Crippen LogP contribution in [0, 0.1) is 0 Å². The molecule has 2 N–H and O–H groups in total. The molecule has 1 unspecified atom stereocenters. The number of aromatic amines is 1. The van der Waals surface area contributed by atoms with E-state index in [1.807, 2.05) is 18.2 Å². The second kappa shape index (κ2) is 6.24. The van der Waals surface area contributed by atoms with Gasteiger partial charge in [0.25, 0.3) is 0 Å². The second-order valence-corrected chi connectivity index (χ2v) is 5.36. The van der Waals surface area contributed by atoms with Gasteiger partial charge in [0.15, 0.2) is 5.82 Å². The highest BCUT2D eigenvalue weighted by Gasteiger charge is 2.17. The third-order valence-corrected chi connectivity index (χ3v) is 3.89. The van der Waals surface area contributed by atoms with E-state index in [9.17, 15) is 0 Å². The van der Waals surface area contributed by atoms with Crippen molar-refractivity contribution in [2.45, 2.75) is 19.4 Å². The maximum absolute atomic E-state index is 5.45. The zero-order chi connectivity index (χ0) is 13.8. The van der Waals surface area contributed by atoms with Gasteiger partial charge in [-0.05, 0) is 25.5 Å². The van der Waals surface area contributed by atoms with Crippen LogP contribution in [0.15, 0.2) is 24.3 Å². The number of aromatic nitrogens is 2. The molecule has 1 fully saturated rings. The first-order valence-electron chi connectivity index (χ1n) is 7.33. The molecular weight excluding hydrogens is 252 g/mol. The van der Waals surface area contributed by atoms with E-state index in [-0.39, 0.29) is 0 Å². The zero-order valence-corrected chi connectivity index (χ0v) is 11.9. The number of anilines is 1. The minimum Gasteiger partial charge on any atom is -0.379 e. The summed E-state index contributed by atoms with van der Waals surface area (Å²) in [4.78, 5) is 2.49. The molecule has 1 aromatic heterocycles. The summed E-state index contributed by atoms with van der Waals surface area (Å²) in [5.41, 5.74) is 1.08. The van der Waals surface area contributed by atoms with Gasteiger partial charge in [0.05, 0.1) is 18.7 Å². The summed E-state index contributed by atoms with van der Waals surface area (Å²) in [6.07, 6.45) is 1.12. The Hall–Kier alpha value is -1.59. The van der Waals surface area contributed by atoms with Crippen LogP contribution >= 0.6 is 0 Å². The molecule has 108 valence electrons. The Morgan fingerprint density at radius 2 is 2.35 bits per heavy atom. The minimum absolute atomic E-state index is 0.537. The van der Waals surface area contributed by atoms with E-state index in [1.54, 1.807) is 0 Å². The third kappa shape index (κ3) is 2.94. The number of fused-ring (bicyclic) bond motifs is 1. The van der Waals surface area contributed by atoms with Gasteiger partial charge in [0, 0.05) is 31.1 Å². The number of rotatable bonds is 5. The predicted molar refractivity (Wildman–Crippen MR) is 81.1 cm³/mol. The molecule has 20 heavy (non-hydrogen) atoms. The highest BCUT2D eigenvalue weighted by molar-refractivity contribution is 5.89. The number of nitrogens with zero attached hydrogens (tertiary/aromatic N) is 2. The monoisotopic (exact) mass is 274 g/mol. The van der Waals surface area contributed by atoms with Crippen molar-refractivity contribution in [2.24, 2.45) is 0 Å². The summed E-state index contributed by atoms with van der Waals surface area (Å²) in [5.74, 6) is 0.954. The summed E-state index contributed by atoms with van der Waals surface area (Å²) in [6.45, 7) is 7.05. The molecule has 5 nitrogen and oxygen atoms in total. The molecule has 3 rings (SSSR count). The van der Waals surface area contributed by atoms with E-state index in [0.29, 0.717) is 6.04 Å². The number of hydrogen-bond donors (Lipinski definition) is 2. The maximum atomic E-state index is 5.45. The Balaban J connectivity index is 1.48. The van der Waals surface area contributed by atoms with Crippen LogP contribution in [0.3, 0.4) is 0 Å². The zero-order valence-electron chi connectivity index (χ0n) is 11.9. The van der Waals surface area contributed by atoms with Crippen LogP contribution in [0.4, 0.5) is 5.82 Å². The standard InChI is InChI=1S/C15H22N4O/c1-12-11-20-10-9-19(12)8-4-7-16-15-13-5-2-3-6-14(13)17-18-15/h2-3,5-6,12H,4,7-11H2,1H3,(H2,16,17,18). The summed E-state index contributed by atoms with van der Waals surface area (Å²) in [7, 11) is 0. The lowest BCUT2D eigenvalue weighted by molar-refractivity contribution is -0.000248. The van der Waals surface area contributed by atoms with Crippen LogP contribution in [-0.4, -0.2) is 54.0 Å². The number of nitrogens with one attached hydrogen (secondary N) is 2. The number of hydrogen-bond acceptors (Lipinski definition) is 4. The predicted octanol–water partition coefficient (Wildman–Crippen LogP) is 2.09. The molecule has 1 aliphatic heterocycles. The number of ether oxygens (including phenoxy) is 1. The van der Waals surface area contributed by atoms with Crippen molar-refractivity contribution in [3.05, 3.63) is 24.3 Å². The van der Waals surface area contributed by atoms with Crippen molar-refractivity contribution in [1.82, 2.24) is 15.1 Å². The number of morpholine rings is 1. The van der Waals surface area contributed by atoms with Gasteiger partial charge in [-0.3, -0.25) is 10.00 Å². The first kappa shape index (κ1) is 13.4. The van der Waals surface area contributed by atoms with Crippen molar-refractivity contribution >= 4 is 16.7 Å². The van der Waals surface area contributed by atoms with E-state index >= 15 is 0 Å². The summed E-state index contributed by atoms with van der Waals surface area (Å²) >= 11 is 0. The third-order valence-electron chi connectivity index (χ3n) is 3.89. The van der Waals surface area contributed by atoms with Gasteiger partial charge >= 0.3 is 0 Å². The SMILES string of the molecule is CC1COCCN1CCCNc1n[nH]c2ccccc12. The van der Waals surface area contributed by atoms with Gasteiger partial charge in [-0.25, -0.2) is 0 Å². The summed E-state index contributed by atoms with van der Waals surface area (Å²) < 4.78 is 5.45. The Morgan fingerprint density at radius 1 is 1.45 bits per heavy atom. The number of benzene rings is 1. The molecule has 0 radical (unpaired) electrons. The smallest absolute Gasteiger partial charge is 0.155 e. The number of H-pyrrole nitrogens is 1. The molecule has 0 amide bonds. The van der Waals surface area contributed by atoms with Gasteiger partial charge in [-0.2, -0.15) is 5.10 Å². The normalized spacial score (nSPS) is 20.4. The average molecular weight is 274 g/mol. The molecule has 1 aromatic carbocycles. The summed E-state index contributed by atoms with van der Waals surface area (Å²) in [5, 5.41) is 12.0. The highest BCUT2D eigenvalue weighted by Crippen LogP contribution is 2.19. The molecule has 0 saturated carbocycles. The lowest BCUT2D eigenvalue weighted by atomic mass is 10.2. The lowest BCUT2D eigenvalue weighted by Gasteiger charge is -2.33. The van der Waals surface area contributed by atoms with E-state index in [2.05, 4.69) is 33.4 Å². The molecule has 2 heterocycles. The van der Waals surface area contributed by atoms with Crippen molar-refractivity contribution in [1.29, 1.82) is 0 Å². The molecule has 2 aromatic rings. The van der Waals surface area contributed by atoms with E-state index in [1.165, 1.54) is 0 Å². The van der Waals surface area contributed by atoms with Crippen LogP contribution in [-0.2, 0) is 4.74 Å². The fourth-order valence-corrected chi connectivity index (χ4v) is 2.68. The summed E-state index contributed by atoms with van der Waals surface area (Å²) in [6, 6.07) is 8.73. The molecule has 0 aliphatic carbocycles. The van der Waals surface area contributed by atoms with Crippen molar-refractivity contribution in [3.8, 4) is 0 Å². The van der Waals surface area contributed by atoms with Crippen LogP contribution in [0.5, 0.6) is 0 Å². The van der Waals surface area contributed by atoms with Gasteiger partial charge in [-0.15, -0.1) is 0 Å². The maximum Gasteiger partial charge on any atom is 0.155 e. The van der Waals surface area contributed by atoms with Crippen molar-refractivity contribution in [2.75, 3.05) is 38.2 Å². The Labute approximate surface area is 119 Å². The molecule has 0 bridgehead atoms.